The first-order valence-electron chi connectivity index (χ1n) is 7.96. The van der Waals surface area contributed by atoms with E-state index in [0.717, 1.165) is 5.56 Å². The fourth-order valence-electron chi connectivity index (χ4n) is 3.76. The van der Waals surface area contributed by atoms with Crippen molar-refractivity contribution in [1.29, 1.82) is 10.5 Å². The van der Waals surface area contributed by atoms with Gasteiger partial charge in [0, 0.05) is 18.7 Å². The number of fused-ring (bicyclic) bond motifs is 1. The van der Waals surface area contributed by atoms with Gasteiger partial charge >= 0.3 is 0 Å². The molecule has 1 fully saturated rings. The van der Waals surface area contributed by atoms with Crippen molar-refractivity contribution in [2.24, 2.45) is 23.7 Å². The predicted molar refractivity (Wildman–Crippen MR) is 88.9 cm³/mol. The molecule has 4 atom stereocenters. The van der Waals surface area contributed by atoms with Gasteiger partial charge in [-0.25, -0.2) is 8.42 Å². The number of rotatable bonds is 2. The first kappa shape index (κ1) is 16.7. The van der Waals surface area contributed by atoms with Crippen molar-refractivity contribution in [2.45, 2.75) is 18.7 Å². The standard InChI is InChI=1S/C18H19N3O2S/c1-12-3-5-16(6-4-12)24(22,23)21-10-15-7-14(8-19)17(9-20)13(2)18(15)11-21/h3-7,13,15,17-18H,10-11H2,1-2H3/t13-,15-,17+,18-/m1/s1. The smallest absolute Gasteiger partial charge is 0.207 e. The molecule has 124 valence electrons. The molecular weight excluding hydrogens is 322 g/mol. The fraction of sp³-hybridized carbons (Fsp3) is 0.444. The Morgan fingerprint density at radius 3 is 2.42 bits per heavy atom. The van der Waals surface area contributed by atoms with E-state index in [-0.39, 0.29) is 17.8 Å². The quantitative estimate of drug-likeness (QED) is 0.827. The van der Waals surface area contributed by atoms with Crippen LogP contribution in [0.2, 0.25) is 0 Å². The van der Waals surface area contributed by atoms with Crippen LogP contribution in [0, 0.1) is 53.3 Å². The average molecular weight is 341 g/mol. The number of benzene rings is 1. The molecule has 0 aromatic heterocycles. The van der Waals surface area contributed by atoms with E-state index < -0.39 is 15.9 Å². The van der Waals surface area contributed by atoms with Crippen LogP contribution in [0.1, 0.15) is 12.5 Å². The van der Waals surface area contributed by atoms with Crippen molar-refractivity contribution in [1.82, 2.24) is 4.31 Å². The van der Waals surface area contributed by atoms with Gasteiger partial charge in [-0.1, -0.05) is 30.7 Å². The summed E-state index contributed by atoms with van der Waals surface area (Å²) in [6.07, 6.45) is 1.81. The number of hydrogen-bond donors (Lipinski definition) is 0. The van der Waals surface area contributed by atoms with Crippen molar-refractivity contribution >= 4 is 10.0 Å². The first-order valence-corrected chi connectivity index (χ1v) is 9.40. The van der Waals surface area contributed by atoms with Gasteiger partial charge in [0.05, 0.1) is 23.0 Å². The van der Waals surface area contributed by atoms with E-state index in [1.807, 2.05) is 19.9 Å². The van der Waals surface area contributed by atoms with Gasteiger partial charge in [-0.15, -0.1) is 0 Å². The molecule has 0 bridgehead atoms. The zero-order valence-corrected chi connectivity index (χ0v) is 14.5. The lowest BCUT2D eigenvalue weighted by molar-refractivity contribution is 0.275. The van der Waals surface area contributed by atoms with Gasteiger partial charge in [0.15, 0.2) is 0 Å². The Bertz CT molecular complexity index is 859. The molecule has 6 heteroatoms. The highest BCUT2D eigenvalue weighted by molar-refractivity contribution is 7.89. The second-order valence-electron chi connectivity index (χ2n) is 6.66. The molecule has 3 rings (SSSR count). The first-order chi connectivity index (χ1) is 11.4. The molecule has 1 saturated heterocycles. The number of aryl methyl sites for hydroxylation is 1. The number of nitrogens with zero attached hydrogens (tertiary/aromatic N) is 3. The van der Waals surface area contributed by atoms with Gasteiger partial charge in [-0.2, -0.15) is 14.8 Å². The molecule has 0 saturated carbocycles. The van der Waals surface area contributed by atoms with Crippen LogP contribution in [0.25, 0.3) is 0 Å². The van der Waals surface area contributed by atoms with E-state index in [1.165, 1.54) is 4.31 Å². The highest BCUT2D eigenvalue weighted by atomic mass is 32.2. The minimum Gasteiger partial charge on any atom is -0.207 e. The number of nitriles is 2. The van der Waals surface area contributed by atoms with Crippen LogP contribution in [0.15, 0.2) is 40.8 Å². The molecule has 1 aliphatic carbocycles. The maximum absolute atomic E-state index is 12.9. The van der Waals surface area contributed by atoms with Crippen molar-refractivity contribution in [3.63, 3.8) is 0 Å². The molecular formula is C18H19N3O2S. The van der Waals surface area contributed by atoms with Crippen LogP contribution in [0.4, 0.5) is 0 Å². The Morgan fingerprint density at radius 2 is 1.83 bits per heavy atom. The molecule has 0 N–H and O–H groups in total. The minimum atomic E-state index is -3.55. The molecule has 5 nitrogen and oxygen atoms in total. The van der Waals surface area contributed by atoms with Crippen LogP contribution in [0.5, 0.6) is 0 Å². The van der Waals surface area contributed by atoms with Crippen molar-refractivity contribution in [2.75, 3.05) is 13.1 Å². The average Bonchev–Trinajstić information content (AvgIpc) is 3.00. The molecule has 1 aliphatic heterocycles. The number of sulfonamides is 1. The summed E-state index contributed by atoms with van der Waals surface area (Å²) < 4.78 is 27.2. The van der Waals surface area contributed by atoms with Gasteiger partial charge in [-0.05, 0) is 36.8 Å². The molecule has 24 heavy (non-hydrogen) atoms. The lowest BCUT2D eigenvalue weighted by Gasteiger charge is -2.31. The Hall–Kier alpha value is -2.15. The molecule has 2 aliphatic rings. The molecule has 1 aromatic rings. The monoisotopic (exact) mass is 341 g/mol. The topological polar surface area (TPSA) is 85.0 Å². The summed E-state index contributed by atoms with van der Waals surface area (Å²) in [5, 5.41) is 18.6. The van der Waals surface area contributed by atoms with Crippen molar-refractivity contribution < 1.29 is 8.42 Å². The van der Waals surface area contributed by atoms with Gasteiger partial charge in [0.1, 0.15) is 0 Å². The summed E-state index contributed by atoms with van der Waals surface area (Å²) >= 11 is 0. The van der Waals surface area contributed by atoms with E-state index >= 15 is 0 Å². The lowest BCUT2D eigenvalue weighted by Crippen LogP contribution is -2.32. The van der Waals surface area contributed by atoms with Crippen LogP contribution in [-0.2, 0) is 10.0 Å². The SMILES string of the molecule is Cc1ccc(S(=O)(=O)N2C[C@@H]3[C@H](C)[C@H](C#N)C(C#N)=C[C@@H]3C2)cc1. The maximum Gasteiger partial charge on any atom is 0.243 e. The minimum absolute atomic E-state index is 0.000488. The van der Waals surface area contributed by atoms with E-state index in [1.54, 1.807) is 24.3 Å². The van der Waals surface area contributed by atoms with Crippen molar-refractivity contribution in [3.8, 4) is 12.1 Å². The summed E-state index contributed by atoms with van der Waals surface area (Å²) in [6.45, 7) is 4.63. The molecule has 0 spiro atoms. The third-order valence-electron chi connectivity index (χ3n) is 5.24. The fourth-order valence-corrected chi connectivity index (χ4v) is 5.28. The van der Waals surface area contributed by atoms with E-state index in [2.05, 4.69) is 12.1 Å². The normalized spacial score (nSPS) is 30.1. The highest BCUT2D eigenvalue weighted by Crippen LogP contribution is 2.43. The zero-order valence-electron chi connectivity index (χ0n) is 13.7. The second kappa shape index (κ2) is 6.05. The van der Waals surface area contributed by atoms with E-state index in [0.29, 0.717) is 23.6 Å². The van der Waals surface area contributed by atoms with Crippen LogP contribution in [0.3, 0.4) is 0 Å². The molecule has 0 amide bonds. The summed E-state index contributed by atoms with van der Waals surface area (Å²) in [7, 11) is -3.55. The molecule has 1 aromatic carbocycles. The highest BCUT2D eigenvalue weighted by Gasteiger charge is 2.46. The Labute approximate surface area is 142 Å². The van der Waals surface area contributed by atoms with Crippen LogP contribution < -0.4 is 0 Å². The van der Waals surface area contributed by atoms with Gasteiger partial charge < -0.3 is 0 Å². The summed E-state index contributed by atoms with van der Waals surface area (Å²) in [4.78, 5) is 0.292. The Kier molecular flexibility index (Phi) is 4.21. The third kappa shape index (κ3) is 2.62. The largest absolute Gasteiger partial charge is 0.243 e. The van der Waals surface area contributed by atoms with E-state index in [9.17, 15) is 18.9 Å². The van der Waals surface area contributed by atoms with Crippen LogP contribution in [-0.4, -0.2) is 25.8 Å². The third-order valence-corrected chi connectivity index (χ3v) is 7.08. The van der Waals surface area contributed by atoms with Gasteiger partial charge in [0.25, 0.3) is 0 Å². The lowest BCUT2D eigenvalue weighted by atomic mass is 9.70. The van der Waals surface area contributed by atoms with Gasteiger partial charge in [-0.3, -0.25) is 0 Å². The second-order valence-corrected chi connectivity index (χ2v) is 8.60. The summed E-state index contributed by atoms with van der Waals surface area (Å²) in [5.74, 6) is -0.400. The Balaban J connectivity index is 1.91. The summed E-state index contributed by atoms with van der Waals surface area (Å²) in [5.41, 5.74) is 1.48. The van der Waals surface area contributed by atoms with E-state index in [4.69, 9.17) is 0 Å². The number of hydrogen-bond acceptors (Lipinski definition) is 4. The maximum atomic E-state index is 12.9. The van der Waals surface area contributed by atoms with Crippen molar-refractivity contribution in [3.05, 3.63) is 41.5 Å². The Morgan fingerprint density at radius 1 is 1.17 bits per heavy atom. The van der Waals surface area contributed by atoms with Gasteiger partial charge in [0.2, 0.25) is 10.0 Å². The zero-order chi connectivity index (χ0) is 17.5. The van der Waals surface area contributed by atoms with Crippen LogP contribution >= 0.6 is 0 Å². The molecule has 1 heterocycles. The number of allylic oxidation sites excluding steroid dienone is 1. The molecule has 0 radical (unpaired) electrons. The predicted octanol–water partition coefficient (Wildman–Crippen LogP) is 2.47. The summed E-state index contributed by atoms with van der Waals surface area (Å²) in [6, 6.07) is 11.1. The molecule has 0 unspecified atom stereocenters.